The van der Waals surface area contributed by atoms with Crippen LogP contribution in [0.25, 0.3) is 0 Å². The van der Waals surface area contributed by atoms with Gasteiger partial charge in [0.15, 0.2) is 0 Å². The predicted molar refractivity (Wildman–Crippen MR) is 80.3 cm³/mol. The molecule has 2 aromatic rings. The molecular formula is C14H17N3O2S. The number of carboxylic acids is 1. The van der Waals surface area contributed by atoms with E-state index < -0.39 is 5.97 Å². The summed E-state index contributed by atoms with van der Waals surface area (Å²) in [7, 11) is 1.85. The lowest BCUT2D eigenvalue weighted by Crippen LogP contribution is -2.07. The van der Waals surface area contributed by atoms with Gasteiger partial charge in [-0.1, -0.05) is 13.0 Å². The van der Waals surface area contributed by atoms with E-state index in [4.69, 9.17) is 0 Å². The van der Waals surface area contributed by atoms with Crippen molar-refractivity contribution < 1.29 is 9.90 Å². The zero-order valence-electron chi connectivity index (χ0n) is 11.5. The molecule has 20 heavy (non-hydrogen) atoms. The lowest BCUT2D eigenvalue weighted by Gasteiger charge is -2.12. The predicted octanol–water partition coefficient (Wildman–Crippen LogP) is 2.84. The standard InChI is InChI=1S/C14H17N3O2S/c1-3-20-12-6-4-5-11(13(12)14(18)19)15-7-10-8-16-17(2)9-10/h4-6,8-9,15H,3,7H2,1-2H3,(H,18,19). The van der Waals surface area contributed by atoms with Crippen molar-refractivity contribution in [3.05, 3.63) is 41.7 Å². The molecule has 2 rings (SSSR count). The monoisotopic (exact) mass is 291 g/mol. The summed E-state index contributed by atoms with van der Waals surface area (Å²) in [4.78, 5) is 12.3. The topological polar surface area (TPSA) is 67.2 Å². The molecule has 0 aliphatic heterocycles. The first-order valence-electron chi connectivity index (χ1n) is 6.32. The Labute approximate surface area is 122 Å². The van der Waals surface area contributed by atoms with Gasteiger partial charge in [0.2, 0.25) is 0 Å². The maximum absolute atomic E-state index is 11.5. The first kappa shape index (κ1) is 14.5. The molecule has 0 radical (unpaired) electrons. The number of aryl methyl sites for hydroxylation is 1. The van der Waals surface area contributed by atoms with Crippen LogP contribution in [0.4, 0.5) is 5.69 Å². The van der Waals surface area contributed by atoms with E-state index in [2.05, 4.69) is 10.4 Å². The van der Waals surface area contributed by atoms with Gasteiger partial charge in [0.25, 0.3) is 0 Å². The molecule has 0 saturated carbocycles. The molecule has 1 aromatic carbocycles. The molecule has 0 amide bonds. The average Bonchev–Trinajstić information content (AvgIpc) is 2.82. The van der Waals surface area contributed by atoms with E-state index in [9.17, 15) is 9.90 Å². The number of carboxylic acid groups (broad SMARTS) is 1. The first-order chi connectivity index (χ1) is 9.61. The van der Waals surface area contributed by atoms with Gasteiger partial charge in [-0.2, -0.15) is 5.10 Å². The van der Waals surface area contributed by atoms with Crippen LogP contribution >= 0.6 is 11.8 Å². The van der Waals surface area contributed by atoms with E-state index >= 15 is 0 Å². The fourth-order valence-corrected chi connectivity index (χ4v) is 2.76. The van der Waals surface area contributed by atoms with E-state index in [1.54, 1.807) is 16.9 Å². The second-order valence-electron chi connectivity index (χ2n) is 4.29. The highest BCUT2D eigenvalue weighted by atomic mass is 32.2. The number of aromatic carboxylic acids is 1. The highest BCUT2D eigenvalue weighted by Gasteiger charge is 2.15. The van der Waals surface area contributed by atoms with Crippen LogP contribution in [0.1, 0.15) is 22.8 Å². The van der Waals surface area contributed by atoms with Gasteiger partial charge in [-0.05, 0) is 17.9 Å². The minimum Gasteiger partial charge on any atom is -0.478 e. The van der Waals surface area contributed by atoms with Gasteiger partial charge < -0.3 is 10.4 Å². The maximum atomic E-state index is 11.5. The van der Waals surface area contributed by atoms with Crippen LogP contribution in [-0.2, 0) is 13.6 Å². The van der Waals surface area contributed by atoms with Gasteiger partial charge in [-0.3, -0.25) is 4.68 Å². The van der Waals surface area contributed by atoms with Gasteiger partial charge in [0.1, 0.15) is 0 Å². The van der Waals surface area contributed by atoms with Crippen molar-refractivity contribution in [2.75, 3.05) is 11.1 Å². The Hall–Kier alpha value is -1.95. The molecule has 2 N–H and O–H groups in total. The number of hydrogen-bond donors (Lipinski definition) is 2. The Kier molecular flexibility index (Phi) is 4.68. The largest absolute Gasteiger partial charge is 0.478 e. The molecule has 6 heteroatoms. The number of thioether (sulfide) groups is 1. The van der Waals surface area contributed by atoms with Crippen molar-refractivity contribution in [1.82, 2.24) is 9.78 Å². The van der Waals surface area contributed by atoms with Crippen LogP contribution in [0.3, 0.4) is 0 Å². The Balaban J connectivity index is 2.22. The third-order valence-electron chi connectivity index (χ3n) is 2.78. The van der Waals surface area contributed by atoms with E-state index in [1.807, 2.05) is 32.3 Å². The van der Waals surface area contributed by atoms with Crippen molar-refractivity contribution in [3.8, 4) is 0 Å². The third kappa shape index (κ3) is 3.33. The van der Waals surface area contributed by atoms with E-state index in [1.165, 1.54) is 11.8 Å². The summed E-state index contributed by atoms with van der Waals surface area (Å²) in [6.07, 6.45) is 3.66. The lowest BCUT2D eigenvalue weighted by molar-refractivity contribution is 0.0694. The fourth-order valence-electron chi connectivity index (χ4n) is 1.94. The van der Waals surface area contributed by atoms with Gasteiger partial charge in [0, 0.05) is 30.2 Å². The molecular weight excluding hydrogens is 274 g/mol. The molecule has 0 aliphatic rings. The Morgan fingerprint density at radius 1 is 1.50 bits per heavy atom. The number of hydrogen-bond acceptors (Lipinski definition) is 4. The minimum absolute atomic E-state index is 0.336. The summed E-state index contributed by atoms with van der Waals surface area (Å²) in [6.45, 7) is 2.56. The van der Waals surface area contributed by atoms with E-state index in [-0.39, 0.29) is 0 Å². The first-order valence-corrected chi connectivity index (χ1v) is 7.31. The fraction of sp³-hybridized carbons (Fsp3) is 0.286. The molecule has 0 fully saturated rings. The number of carbonyl (C=O) groups is 1. The van der Waals surface area contributed by atoms with Gasteiger partial charge in [-0.15, -0.1) is 11.8 Å². The summed E-state index contributed by atoms with van der Waals surface area (Å²) in [5.41, 5.74) is 1.99. The highest BCUT2D eigenvalue weighted by Crippen LogP contribution is 2.28. The number of aromatic nitrogens is 2. The molecule has 0 spiro atoms. The van der Waals surface area contributed by atoms with Crippen LogP contribution in [0.15, 0.2) is 35.5 Å². The number of rotatable bonds is 6. The van der Waals surface area contributed by atoms with Crippen LogP contribution in [-0.4, -0.2) is 26.6 Å². The Morgan fingerprint density at radius 2 is 2.30 bits per heavy atom. The summed E-state index contributed by atoms with van der Waals surface area (Å²) in [6, 6.07) is 5.50. The second-order valence-corrected chi connectivity index (χ2v) is 5.60. The van der Waals surface area contributed by atoms with E-state index in [0.717, 1.165) is 16.2 Å². The SMILES string of the molecule is CCSc1cccc(NCc2cnn(C)c2)c1C(=O)O. The van der Waals surface area contributed by atoms with Gasteiger partial charge >= 0.3 is 5.97 Å². The summed E-state index contributed by atoms with van der Waals surface area (Å²) in [5.74, 6) is -0.0676. The molecule has 1 aromatic heterocycles. The average molecular weight is 291 g/mol. The van der Waals surface area contributed by atoms with Crippen LogP contribution in [0.5, 0.6) is 0 Å². The van der Waals surface area contributed by atoms with Crippen LogP contribution in [0.2, 0.25) is 0 Å². The minimum atomic E-state index is -0.907. The zero-order chi connectivity index (χ0) is 14.5. The molecule has 5 nitrogen and oxygen atoms in total. The number of anilines is 1. The maximum Gasteiger partial charge on any atom is 0.338 e. The smallest absolute Gasteiger partial charge is 0.338 e. The van der Waals surface area contributed by atoms with E-state index in [0.29, 0.717) is 17.8 Å². The number of nitrogens with one attached hydrogen (secondary N) is 1. The van der Waals surface area contributed by atoms with Crippen molar-refractivity contribution >= 4 is 23.4 Å². The molecule has 1 heterocycles. The van der Waals surface area contributed by atoms with Crippen molar-refractivity contribution in [1.29, 1.82) is 0 Å². The van der Waals surface area contributed by atoms with Gasteiger partial charge in [-0.25, -0.2) is 4.79 Å². The number of nitrogens with zero attached hydrogens (tertiary/aromatic N) is 2. The summed E-state index contributed by atoms with van der Waals surface area (Å²) >= 11 is 1.53. The normalized spacial score (nSPS) is 10.5. The zero-order valence-corrected chi connectivity index (χ0v) is 12.3. The summed E-state index contributed by atoms with van der Waals surface area (Å²) < 4.78 is 1.72. The second kappa shape index (κ2) is 6.47. The quantitative estimate of drug-likeness (QED) is 0.801. The molecule has 0 aliphatic carbocycles. The molecule has 0 atom stereocenters. The Bertz CT molecular complexity index is 610. The number of benzene rings is 1. The molecule has 0 bridgehead atoms. The lowest BCUT2D eigenvalue weighted by atomic mass is 10.1. The molecule has 0 unspecified atom stereocenters. The highest BCUT2D eigenvalue weighted by molar-refractivity contribution is 7.99. The molecule has 106 valence electrons. The van der Waals surface area contributed by atoms with Crippen molar-refractivity contribution in [2.24, 2.45) is 7.05 Å². The molecule has 0 saturated heterocycles. The van der Waals surface area contributed by atoms with Gasteiger partial charge in [0.05, 0.1) is 17.4 Å². The third-order valence-corrected chi connectivity index (χ3v) is 3.72. The van der Waals surface area contributed by atoms with Crippen LogP contribution < -0.4 is 5.32 Å². The van der Waals surface area contributed by atoms with Crippen LogP contribution in [0, 0.1) is 0 Å². The summed E-state index contributed by atoms with van der Waals surface area (Å²) in [5, 5.41) is 16.7. The Morgan fingerprint density at radius 3 is 2.90 bits per heavy atom. The van der Waals surface area contributed by atoms with Crippen molar-refractivity contribution in [2.45, 2.75) is 18.4 Å². The van der Waals surface area contributed by atoms with Crippen molar-refractivity contribution in [3.63, 3.8) is 0 Å².